The maximum absolute atomic E-state index is 11.2. The standard InChI is InChI=1S/C13H14N4O2S/c1-3-5-11-15-9(7-17(11)4-2)8-20-13-14-6-10(18)12(19)16-13/h3-7,18H,2,8H2,1H3,(H,14,16,19). The molecule has 20 heavy (non-hydrogen) atoms. The highest BCUT2D eigenvalue weighted by Crippen LogP contribution is 2.18. The van der Waals surface area contributed by atoms with Crippen molar-refractivity contribution >= 4 is 24.0 Å². The fraction of sp³-hybridized carbons (Fsp3) is 0.154. The zero-order valence-corrected chi connectivity index (χ0v) is 11.7. The Morgan fingerprint density at radius 1 is 1.60 bits per heavy atom. The zero-order valence-electron chi connectivity index (χ0n) is 10.9. The third-order valence-corrected chi connectivity index (χ3v) is 3.36. The van der Waals surface area contributed by atoms with Gasteiger partial charge in [0.2, 0.25) is 0 Å². The van der Waals surface area contributed by atoms with Gasteiger partial charge in [-0.2, -0.15) is 0 Å². The molecule has 7 heteroatoms. The summed E-state index contributed by atoms with van der Waals surface area (Å²) in [5, 5.41) is 9.55. The van der Waals surface area contributed by atoms with Gasteiger partial charge in [0.1, 0.15) is 5.82 Å². The lowest BCUT2D eigenvalue weighted by molar-refractivity contribution is 0.460. The minimum atomic E-state index is -0.547. The van der Waals surface area contributed by atoms with E-state index in [2.05, 4.69) is 21.5 Å². The molecule has 0 fully saturated rings. The van der Waals surface area contributed by atoms with Crippen LogP contribution in [0.4, 0.5) is 0 Å². The van der Waals surface area contributed by atoms with Crippen LogP contribution >= 0.6 is 11.8 Å². The van der Waals surface area contributed by atoms with Gasteiger partial charge in [-0.05, 0) is 13.0 Å². The van der Waals surface area contributed by atoms with E-state index in [1.165, 1.54) is 11.8 Å². The third-order valence-electron chi connectivity index (χ3n) is 2.44. The van der Waals surface area contributed by atoms with Gasteiger partial charge in [0.25, 0.3) is 5.56 Å². The number of H-pyrrole nitrogens is 1. The van der Waals surface area contributed by atoms with E-state index < -0.39 is 5.56 Å². The number of hydrogen-bond acceptors (Lipinski definition) is 5. The molecule has 0 radical (unpaired) electrons. The molecule has 0 aliphatic heterocycles. The molecule has 0 unspecified atom stereocenters. The molecule has 2 heterocycles. The van der Waals surface area contributed by atoms with Crippen molar-refractivity contribution in [2.24, 2.45) is 0 Å². The fourth-order valence-corrected chi connectivity index (χ4v) is 2.25. The molecule has 0 atom stereocenters. The second-order valence-electron chi connectivity index (χ2n) is 3.87. The molecule has 0 aliphatic carbocycles. The first-order valence-corrected chi connectivity index (χ1v) is 6.86. The summed E-state index contributed by atoms with van der Waals surface area (Å²) in [6, 6.07) is 0. The largest absolute Gasteiger partial charge is 0.502 e. The summed E-state index contributed by atoms with van der Waals surface area (Å²) < 4.78 is 1.82. The Morgan fingerprint density at radius 2 is 2.40 bits per heavy atom. The third kappa shape index (κ3) is 3.18. The van der Waals surface area contributed by atoms with E-state index in [0.717, 1.165) is 17.7 Å². The second kappa shape index (κ2) is 6.25. The van der Waals surface area contributed by atoms with Crippen LogP contribution in [0.25, 0.3) is 12.3 Å². The molecule has 2 N–H and O–H groups in total. The Morgan fingerprint density at radius 3 is 3.05 bits per heavy atom. The first kappa shape index (κ1) is 14.1. The van der Waals surface area contributed by atoms with Crippen LogP contribution in [0, 0.1) is 0 Å². The minimum Gasteiger partial charge on any atom is -0.502 e. The van der Waals surface area contributed by atoms with Crippen molar-refractivity contribution in [1.29, 1.82) is 0 Å². The lowest BCUT2D eigenvalue weighted by atomic mass is 10.5. The average Bonchev–Trinajstić information content (AvgIpc) is 2.83. The lowest BCUT2D eigenvalue weighted by Gasteiger charge is -1.98. The topological polar surface area (TPSA) is 83.8 Å². The quantitative estimate of drug-likeness (QED) is 0.651. The van der Waals surface area contributed by atoms with Gasteiger partial charge in [-0.25, -0.2) is 9.97 Å². The predicted molar refractivity (Wildman–Crippen MR) is 79.4 cm³/mol. The molecule has 0 bridgehead atoms. The average molecular weight is 290 g/mol. The van der Waals surface area contributed by atoms with Crippen molar-refractivity contribution in [1.82, 2.24) is 19.5 Å². The molecule has 0 aromatic carbocycles. The number of imidazole rings is 1. The Hall–Kier alpha value is -2.28. The summed E-state index contributed by atoms with van der Waals surface area (Å²) in [4.78, 5) is 22.1. The van der Waals surface area contributed by atoms with E-state index in [-0.39, 0.29) is 5.75 Å². The molecule has 0 saturated carbocycles. The Bertz CT molecular complexity index is 703. The molecule has 104 valence electrons. The van der Waals surface area contributed by atoms with E-state index in [1.54, 1.807) is 6.20 Å². The first-order valence-electron chi connectivity index (χ1n) is 5.88. The molecular formula is C13H14N4O2S. The highest BCUT2D eigenvalue weighted by molar-refractivity contribution is 7.98. The van der Waals surface area contributed by atoms with Crippen molar-refractivity contribution in [3.05, 3.63) is 46.9 Å². The minimum absolute atomic E-state index is 0.388. The summed E-state index contributed by atoms with van der Waals surface area (Å²) in [5.41, 5.74) is 0.299. The maximum atomic E-state index is 11.2. The van der Waals surface area contributed by atoms with Crippen LogP contribution in [-0.2, 0) is 5.75 Å². The normalized spacial score (nSPS) is 11.1. The van der Waals surface area contributed by atoms with E-state index in [0.29, 0.717) is 10.9 Å². The van der Waals surface area contributed by atoms with Crippen LogP contribution < -0.4 is 5.56 Å². The molecule has 0 aliphatic rings. The summed E-state index contributed by atoms with van der Waals surface area (Å²) in [7, 11) is 0. The summed E-state index contributed by atoms with van der Waals surface area (Å²) >= 11 is 1.33. The van der Waals surface area contributed by atoms with Gasteiger partial charge in [-0.1, -0.05) is 24.4 Å². The molecule has 0 spiro atoms. The van der Waals surface area contributed by atoms with Crippen LogP contribution in [0.1, 0.15) is 18.4 Å². The van der Waals surface area contributed by atoms with Crippen molar-refractivity contribution in [3.63, 3.8) is 0 Å². The number of aromatic nitrogens is 4. The van der Waals surface area contributed by atoms with E-state index in [4.69, 9.17) is 5.11 Å². The molecule has 0 saturated heterocycles. The second-order valence-corrected chi connectivity index (χ2v) is 4.84. The van der Waals surface area contributed by atoms with E-state index in [1.807, 2.05) is 29.8 Å². The number of nitrogens with one attached hydrogen (secondary N) is 1. The SMILES string of the molecule is C=Cn1cc(CSc2ncc(O)c(=O)[nH]2)nc1C=CC. The van der Waals surface area contributed by atoms with Gasteiger partial charge < -0.3 is 9.67 Å². The van der Waals surface area contributed by atoms with Crippen LogP contribution in [0.2, 0.25) is 0 Å². The number of aromatic amines is 1. The predicted octanol–water partition coefficient (Wildman–Crippen LogP) is 2.10. The highest BCUT2D eigenvalue weighted by atomic mass is 32.2. The maximum Gasteiger partial charge on any atom is 0.293 e. The molecule has 2 rings (SSSR count). The molecule has 2 aromatic rings. The summed E-state index contributed by atoms with van der Waals surface area (Å²) in [6.45, 7) is 5.64. The molecular weight excluding hydrogens is 276 g/mol. The Kier molecular flexibility index (Phi) is 4.41. The van der Waals surface area contributed by atoms with Crippen LogP contribution in [0.5, 0.6) is 5.75 Å². The van der Waals surface area contributed by atoms with Gasteiger partial charge >= 0.3 is 0 Å². The fourth-order valence-electron chi connectivity index (χ4n) is 1.54. The number of thioether (sulfide) groups is 1. The summed E-state index contributed by atoms with van der Waals surface area (Å²) in [6.07, 6.45) is 8.47. The van der Waals surface area contributed by atoms with Gasteiger partial charge in [0.15, 0.2) is 10.9 Å². The van der Waals surface area contributed by atoms with Gasteiger partial charge in [0, 0.05) is 18.1 Å². The first-order chi connectivity index (χ1) is 9.63. The van der Waals surface area contributed by atoms with Crippen LogP contribution in [-0.4, -0.2) is 24.6 Å². The highest BCUT2D eigenvalue weighted by Gasteiger charge is 2.06. The monoisotopic (exact) mass is 290 g/mol. The Labute approximate surface area is 119 Å². The van der Waals surface area contributed by atoms with Crippen LogP contribution in [0.3, 0.4) is 0 Å². The van der Waals surface area contributed by atoms with Gasteiger partial charge in [0.05, 0.1) is 11.9 Å². The Balaban J connectivity index is 2.12. The smallest absolute Gasteiger partial charge is 0.293 e. The zero-order chi connectivity index (χ0) is 14.5. The molecule has 6 nitrogen and oxygen atoms in total. The van der Waals surface area contributed by atoms with Crippen molar-refractivity contribution in [3.8, 4) is 5.75 Å². The van der Waals surface area contributed by atoms with E-state index in [9.17, 15) is 4.79 Å². The summed E-state index contributed by atoms with van der Waals surface area (Å²) in [5.74, 6) is 0.963. The van der Waals surface area contributed by atoms with Gasteiger partial charge in [-0.15, -0.1) is 0 Å². The number of aromatic hydroxyl groups is 1. The van der Waals surface area contributed by atoms with Crippen molar-refractivity contribution < 1.29 is 5.11 Å². The number of nitrogens with zero attached hydrogens (tertiary/aromatic N) is 3. The number of allylic oxidation sites excluding steroid dienone is 1. The lowest BCUT2D eigenvalue weighted by Crippen LogP contribution is -2.06. The van der Waals surface area contributed by atoms with Crippen molar-refractivity contribution in [2.75, 3.05) is 0 Å². The van der Waals surface area contributed by atoms with Gasteiger partial charge in [-0.3, -0.25) is 9.78 Å². The molecule has 0 amide bonds. The van der Waals surface area contributed by atoms with E-state index >= 15 is 0 Å². The number of rotatable bonds is 5. The van der Waals surface area contributed by atoms with Crippen molar-refractivity contribution in [2.45, 2.75) is 17.8 Å². The van der Waals surface area contributed by atoms with Crippen LogP contribution in [0.15, 0.2) is 35.0 Å². The number of hydrogen-bond donors (Lipinski definition) is 2. The molecule has 2 aromatic heterocycles.